The Labute approximate surface area is 208 Å². The zero-order valence-corrected chi connectivity index (χ0v) is 19.5. The largest absolute Gasteiger partial charge is 0.472 e. The third kappa shape index (κ3) is 3.97. The van der Waals surface area contributed by atoms with Crippen LogP contribution >= 0.6 is 11.3 Å². The lowest BCUT2D eigenvalue weighted by Gasteiger charge is -2.16. The average molecular weight is 500 g/mol. The molecule has 0 atom stereocenters. The predicted molar refractivity (Wildman–Crippen MR) is 133 cm³/mol. The molecule has 0 fully saturated rings. The Hall–Kier alpha value is -4.57. The molecule has 1 aliphatic rings. The van der Waals surface area contributed by atoms with Crippen molar-refractivity contribution in [1.82, 2.24) is 14.8 Å². The summed E-state index contributed by atoms with van der Waals surface area (Å²) in [5, 5.41) is 9.17. The number of hydrogen-bond donors (Lipinski definition) is 1. The van der Waals surface area contributed by atoms with Crippen molar-refractivity contribution in [3.63, 3.8) is 0 Å². The van der Waals surface area contributed by atoms with Crippen molar-refractivity contribution in [3.05, 3.63) is 101 Å². The summed E-state index contributed by atoms with van der Waals surface area (Å²) in [6, 6.07) is 16.7. The Morgan fingerprint density at radius 1 is 1.08 bits per heavy atom. The van der Waals surface area contributed by atoms with Crippen molar-refractivity contribution in [2.24, 2.45) is 0 Å². The fourth-order valence-electron chi connectivity index (χ4n) is 4.16. The van der Waals surface area contributed by atoms with E-state index in [0.717, 1.165) is 16.1 Å². The molecule has 0 unspecified atom stereocenters. The first kappa shape index (κ1) is 21.9. The molecular formula is C26H18FN5O3S. The molecule has 178 valence electrons. The van der Waals surface area contributed by atoms with Gasteiger partial charge in [-0.15, -0.1) is 16.4 Å². The van der Waals surface area contributed by atoms with Crippen LogP contribution in [0.2, 0.25) is 0 Å². The van der Waals surface area contributed by atoms with Crippen LogP contribution in [0.3, 0.4) is 0 Å². The van der Waals surface area contributed by atoms with Crippen LogP contribution in [0.1, 0.15) is 26.5 Å². The Bertz CT molecular complexity index is 1560. The smallest absolute Gasteiger partial charge is 0.295 e. The van der Waals surface area contributed by atoms with Gasteiger partial charge >= 0.3 is 0 Å². The highest BCUT2D eigenvalue weighted by molar-refractivity contribution is 7.13. The second-order valence-electron chi connectivity index (χ2n) is 8.14. The van der Waals surface area contributed by atoms with Gasteiger partial charge in [-0.1, -0.05) is 6.07 Å². The van der Waals surface area contributed by atoms with E-state index in [2.05, 4.69) is 15.4 Å². The molecule has 1 aliphatic heterocycles. The minimum absolute atomic E-state index is 0.0139. The Balaban J connectivity index is 1.26. The zero-order chi connectivity index (χ0) is 24.6. The summed E-state index contributed by atoms with van der Waals surface area (Å²) in [6.07, 6.45) is 3.57. The van der Waals surface area contributed by atoms with Crippen LogP contribution in [-0.2, 0) is 6.42 Å². The number of thiophene rings is 1. The highest BCUT2D eigenvalue weighted by Gasteiger charge is 2.27. The number of nitrogens with zero attached hydrogens (tertiary/aromatic N) is 4. The number of hydrogen-bond acceptors (Lipinski definition) is 6. The van der Waals surface area contributed by atoms with Crippen LogP contribution in [0.5, 0.6) is 0 Å². The van der Waals surface area contributed by atoms with E-state index in [1.165, 1.54) is 40.7 Å². The molecule has 10 heteroatoms. The maximum Gasteiger partial charge on any atom is 0.295 e. The van der Waals surface area contributed by atoms with Gasteiger partial charge in [-0.25, -0.2) is 14.1 Å². The van der Waals surface area contributed by atoms with E-state index in [-0.39, 0.29) is 17.5 Å². The van der Waals surface area contributed by atoms with Crippen molar-refractivity contribution >= 4 is 34.5 Å². The Kier molecular flexibility index (Phi) is 5.42. The van der Waals surface area contributed by atoms with Crippen LogP contribution in [0.15, 0.2) is 83.0 Å². The van der Waals surface area contributed by atoms with Gasteiger partial charge in [0.2, 0.25) is 5.82 Å². The van der Waals surface area contributed by atoms with Gasteiger partial charge in [0.15, 0.2) is 5.82 Å². The van der Waals surface area contributed by atoms with Gasteiger partial charge in [0.1, 0.15) is 12.1 Å². The molecule has 0 saturated carbocycles. The van der Waals surface area contributed by atoms with Crippen molar-refractivity contribution in [3.8, 4) is 16.4 Å². The van der Waals surface area contributed by atoms with E-state index in [9.17, 15) is 14.0 Å². The van der Waals surface area contributed by atoms with Crippen LogP contribution in [0.4, 0.5) is 15.8 Å². The first-order chi connectivity index (χ1) is 17.6. The normalized spacial score (nSPS) is 12.5. The number of aromatic nitrogens is 3. The van der Waals surface area contributed by atoms with Gasteiger partial charge in [-0.05, 0) is 72.0 Å². The zero-order valence-electron chi connectivity index (χ0n) is 18.7. The summed E-state index contributed by atoms with van der Waals surface area (Å²) in [6.45, 7) is 0.546. The van der Waals surface area contributed by atoms with E-state index in [0.29, 0.717) is 35.7 Å². The van der Waals surface area contributed by atoms with Crippen molar-refractivity contribution in [2.75, 3.05) is 16.8 Å². The lowest BCUT2D eigenvalue weighted by molar-refractivity contribution is 0.0986. The number of anilines is 2. The van der Waals surface area contributed by atoms with E-state index in [4.69, 9.17) is 4.42 Å². The van der Waals surface area contributed by atoms with E-state index in [1.54, 1.807) is 29.2 Å². The topological polar surface area (TPSA) is 93.3 Å². The molecule has 3 aromatic heterocycles. The molecule has 2 aromatic carbocycles. The number of carbonyl (C=O) groups is 2. The molecule has 8 nitrogen and oxygen atoms in total. The van der Waals surface area contributed by atoms with E-state index < -0.39 is 5.91 Å². The highest BCUT2D eigenvalue weighted by atomic mass is 32.1. The average Bonchev–Trinajstić information content (AvgIpc) is 3.69. The molecule has 5 aromatic rings. The van der Waals surface area contributed by atoms with Gasteiger partial charge in [-0.2, -0.15) is 0 Å². The monoisotopic (exact) mass is 499 g/mol. The number of fused-ring (bicyclic) bond motifs is 1. The Morgan fingerprint density at radius 2 is 1.94 bits per heavy atom. The Morgan fingerprint density at radius 3 is 2.69 bits per heavy atom. The minimum Gasteiger partial charge on any atom is -0.472 e. The third-order valence-electron chi connectivity index (χ3n) is 5.87. The summed E-state index contributed by atoms with van der Waals surface area (Å²) >= 11 is 1.46. The second kappa shape index (κ2) is 8.90. The lowest BCUT2D eigenvalue weighted by Crippen LogP contribution is -2.28. The van der Waals surface area contributed by atoms with Crippen LogP contribution in [0, 0.1) is 5.82 Å². The number of benzene rings is 2. The predicted octanol–water partition coefficient (Wildman–Crippen LogP) is 5.18. The maximum absolute atomic E-state index is 13.5. The van der Waals surface area contributed by atoms with Crippen LogP contribution < -0.4 is 10.2 Å². The molecule has 6 rings (SSSR count). The third-order valence-corrected chi connectivity index (χ3v) is 6.73. The molecule has 2 amide bonds. The van der Waals surface area contributed by atoms with Gasteiger partial charge < -0.3 is 14.6 Å². The van der Waals surface area contributed by atoms with Crippen LogP contribution in [0.25, 0.3) is 16.4 Å². The van der Waals surface area contributed by atoms with Crippen molar-refractivity contribution in [2.45, 2.75) is 6.42 Å². The standard InChI is InChI=1S/C26H18FN5O3S/c27-18-3-6-20(7-4-18)32-24(22-2-1-13-36-22)29-23(30-32)25(33)28-19-5-8-21-16(14-19)9-11-31(21)26(34)17-10-12-35-15-17/h1-8,10,12-15H,9,11H2,(H,28,33). The van der Waals surface area contributed by atoms with Gasteiger partial charge in [-0.3, -0.25) is 9.59 Å². The number of amides is 2. The van der Waals surface area contributed by atoms with E-state index >= 15 is 0 Å². The van der Waals surface area contributed by atoms with Crippen LogP contribution in [-0.4, -0.2) is 33.1 Å². The first-order valence-corrected chi connectivity index (χ1v) is 12.0. The molecule has 0 saturated heterocycles. The van der Waals surface area contributed by atoms with Crippen molar-refractivity contribution in [1.29, 1.82) is 0 Å². The molecular weight excluding hydrogens is 481 g/mol. The summed E-state index contributed by atoms with van der Waals surface area (Å²) in [7, 11) is 0. The molecule has 4 heterocycles. The lowest BCUT2D eigenvalue weighted by atomic mass is 10.1. The number of carbonyl (C=O) groups excluding carboxylic acids is 2. The number of rotatable bonds is 5. The number of halogens is 1. The first-order valence-electron chi connectivity index (χ1n) is 11.1. The molecule has 36 heavy (non-hydrogen) atoms. The maximum atomic E-state index is 13.5. The van der Waals surface area contributed by atoms with Gasteiger partial charge in [0, 0.05) is 17.9 Å². The van der Waals surface area contributed by atoms with E-state index in [1.807, 2.05) is 29.6 Å². The molecule has 1 N–H and O–H groups in total. The number of nitrogens with one attached hydrogen (secondary N) is 1. The van der Waals surface area contributed by atoms with Crippen molar-refractivity contribution < 1.29 is 18.4 Å². The summed E-state index contributed by atoms with van der Waals surface area (Å²) < 4.78 is 20.0. The number of furan rings is 1. The fraction of sp³-hybridized carbons (Fsp3) is 0.0769. The summed E-state index contributed by atoms with van der Waals surface area (Å²) in [4.78, 5) is 32.8. The molecule has 0 bridgehead atoms. The fourth-order valence-corrected chi connectivity index (χ4v) is 4.85. The summed E-state index contributed by atoms with van der Waals surface area (Å²) in [5.74, 6) is -0.492. The SMILES string of the molecule is O=C(Nc1ccc2c(c1)CCN2C(=O)c1ccoc1)c1nc(-c2cccs2)n(-c2ccc(F)cc2)n1. The molecule has 0 spiro atoms. The minimum atomic E-state index is -0.474. The summed E-state index contributed by atoms with van der Waals surface area (Å²) in [5.41, 5.74) is 3.41. The highest BCUT2D eigenvalue weighted by Crippen LogP contribution is 2.32. The van der Waals surface area contributed by atoms with Gasteiger partial charge in [0.25, 0.3) is 11.8 Å². The second-order valence-corrected chi connectivity index (χ2v) is 9.09. The van der Waals surface area contributed by atoms with Gasteiger partial charge in [0.05, 0.1) is 22.4 Å². The molecule has 0 radical (unpaired) electrons. The quantitative estimate of drug-likeness (QED) is 0.360. The molecule has 0 aliphatic carbocycles.